The van der Waals surface area contributed by atoms with Crippen molar-refractivity contribution in [2.45, 2.75) is 38.5 Å². The summed E-state index contributed by atoms with van der Waals surface area (Å²) >= 11 is 0. The molecule has 1 saturated heterocycles. The smallest absolute Gasteiger partial charge is 0.243 e. The van der Waals surface area contributed by atoms with Crippen LogP contribution in [0.5, 0.6) is 0 Å². The number of carbonyl (C=O) groups is 1. The van der Waals surface area contributed by atoms with Crippen LogP contribution >= 0.6 is 0 Å². The molecule has 0 unspecified atom stereocenters. The molecule has 0 radical (unpaired) electrons. The van der Waals surface area contributed by atoms with Crippen molar-refractivity contribution < 1.29 is 4.79 Å². The summed E-state index contributed by atoms with van der Waals surface area (Å²) in [5.41, 5.74) is -0.781. The Labute approximate surface area is 137 Å². The van der Waals surface area contributed by atoms with Crippen LogP contribution in [0.1, 0.15) is 38.5 Å². The highest BCUT2D eigenvalue weighted by Crippen LogP contribution is 2.37. The van der Waals surface area contributed by atoms with E-state index < -0.39 is 5.41 Å². The van der Waals surface area contributed by atoms with Gasteiger partial charge in [0.15, 0.2) is 0 Å². The fourth-order valence-electron chi connectivity index (χ4n) is 3.61. The maximum absolute atomic E-state index is 13.0. The van der Waals surface area contributed by atoms with Gasteiger partial charge in [0.2, 0.25) is 11.9 Å². The van der Waals surface area contributed by atoms with Crippen molar-refractivity contribution in [3.05, 3.63) is 18.5 Å². The molecule has 1 aromatic heterocycles. The lowest BCUT2D eigenvalue weighted by atomic mass is 9.74. The summed E-state index contributed by atoms with van der Waals surface area (Å²) in [7, 11) is 0. The summed E-state index contributed by atoms with van der Waals surface area (Å²) in [5, 5.41) is 9.61. The molecule has 122 valence electrons. The van der Waals surface area contributed by atoms with Gasteiger partial charge in [0.05, 0.1) is 6.07 Å². The highest BCUT2D eigenvalue weighted by molar-refractivity contribution is 5.85. The predicted octanol–water partition coefficient (Wildman–Crippen LogP) is 1.99. The second kappa shape index (κ2) is 6.95. The molecule has 2 fully saturated rings. The van der Waals surface area contributed by atoms with Gasteiger partial charge in [-0.2, -0.15) is 5.26 Å². The molecule has 0 bridgehead atoms. The third-order valence-electron chi connectivity index (χ3n) is 4.95. The van der Waals surface area contributed by atoms with Gasteiger partial charge in [0, 0.05) is 38.6 Å². The Balaban J connectivity index is 1.68. The minimum atomic E-state index is -0.781. The van der Waals surface area contributed by atoms with E-state index in [0.29, 0.717) is 25.9 Å². The number of hydrogen-bond acceptors (Lipinski definition) is 5. The van der Waals surface area contributed by atoms with Crippen LogP contribution < -0.4 is 4.90 Å². The monoisotopic (exact) mass is 313 g/mol. The first-order chi connectivity index (χ1) is 11.2. The number of amides is 1. The van der Waals surface area contributed by atoms with Crippen LogP contribution in [0, 0.1) is 16.7 Å². The molecule has 0 aromatic carbocycles. The van der Waals surface area contributed by atoms with Crippen LogP contribution in [-0.2, 0) is 4.79 Å². The second-order valence-electron chi connectivity index (χ2n) is 6.44. The molecular formula is C17H23N5O. The molecule has 1 aliphatic carbocycles. The van der Waals surface area contributed by atoms with Crippen molar-refractivity contribution >= 4 is 11.9 Å². The molecule has 6 nitrogen and oxygen atoms in total. The summed E-state index contributed by atoms with van der Waals surface area (Å²) in [6.45, 7) is 2.91. The highest BCUT2D eigenvalue weighted by Gasteiger charge is 2.42. The van der Waals surface area contributed by atoms with Crippen LogP contribution in [0.2, 0.25) is 0 Å². The number of hydrogen-bond donors (Lipinski definition) is 0. The Hall–Kier alpha value is -2.16. The first-order valence-electron chi connectivity index (χ1n) is 8.48. The molecular weight excluding hydrogens is 290 g/mol. The number of rotatable bonds is 2. The van der Waals surface area contributed by atoms with Gasteiger partial charge in [0.25, 0.3) is 0 Å². The Morgan fingerprint density at radius 2 is 1.78 bits per heavy atom. The van der Waals surface area contributed by atoms with Crippen LogP contribution in [0.3, 0.4) is 0 Å². The fraction of sp³-hybridized carbons (Fsp3) is 0.647. The van der Waals surface area contributed by atoms with Crippen LogP contribution in [-0.4, -0.2) is 47.0 Å². The molecule has 0 atom stereocenters. The molecule has 2 heterocycles. The Kier molecular flexibility index (Phi) is 4.75. The van der Waals surface area contributed by atoms with Crippen molar-refractivity contribution in [3.8, 4) is 6.07 Å². The maximum atomic E-state index is 13.0. The summed E-state index contributed by atoms with van der Waals surface area (Å²) in [5.74, 6) is 0.755. The fourth-order valence-corrected chi connectivity index (χ4v) is 3.61. The molecule has 0 spiro atoms. The largest absolute Gasteiger partial charge is 0.339 e. The summed E-state index contributed by atoms with van der Waals surface area (Å²) in [6.07, 6.45) is 8.88. The number of aromatic nitrogens is 2. The molecule has 1 saturated carbocycles. The van der Waals surface area contributed by atoms with Gasteiger partial charge in [-0.1, -0.05) is 19.3 Å². The second-order valence-corrected chi connectivity index (χ2v) is 6.44. The zero-order valence-electron chi connectivity index (χ0n) is 13.4. The van der Waals surface area contributed by atoms with Crippen LogP contribution in [0.25, 0.3) is 0 Å². The topological polar surface area (TPSA) is 73.1 Å². The Bertz CT molecular complexity index is 576. The van der Waals surface area contributed by atoms with Crippen molar-refractivity contribution in [1.29, 1.82) is 5.26 Å². The van der Waals surface area contributed by atoms with E-state index in [4.69, 9.17) is 0 Å². The molecule has 2 aliphatic rings. The first kappa shape index (κ1) is 15.7. The summed E-state index contributed by atoms with van der Waals surface area (Å²) in [6, 6.07) is 4.15. The number of nitrogens with zero attached hydrogens (tertiary/aromatic N) is 5. The minimum absolute atomic E-state index is 0.0375. The summed E-state index contributed by atoms with van der Waals surface area (Å²) < 4.78 is 0. The van der Waals surface area contributed by atoms with Crippen molar-refractivity contribution in [2.75, 3.05) is 31.1 Å². The molecule has 23 heavy (non-hydrogen) atoms. The number of carbonyl (C=O) groups excluding carboxylic acids is 1. The molecule has 1 amide bonds. The standard InChI is InChI=1S/C17H23N5O/c18-14-17(6-2-1-3-7-17)15(23)21-10-5-11-22(13-12-21)16-19-8-4-9-20-16/h4,8-9H,1-3,5-7,10-13H2. The lowest BCUT2D eigenvalue weighted by Crippen LogP contribution is -2.46. The van der Waals surface area contributed by atoms with E-state index in [2.05, 4.69) is 20.9 Å². The highest BCUT2D eigenvalue weighted by atomic mass is 16.2. The van der Waals surface area contributed by atoms with E-state index in [1.165, 1.54) is 0 Å². The van der Waals surface area contributed by atoms with Crippen LogP contribution in [0.15, 0.2) is 18.5 Å². The minimum Gasteiger partial charge on any atom is -0.339 e. The van der Waals surface area contributed by atoms with Crippen LogP contribution in [0.4, 0.5) is 5.95 Å². The van der Waals surface area contributed by atoms with Gasteiger partial charge < -0.3 is 9.80 Å². The SMILES string of the molecule is N#CC1(C(=O)N2CCCN(c3ncccn3)CC2)CCCCC1. The van der Waals surface area contributed by atoms with E-state index in [-0.39, 0.29) is 5.91 Å². The lowest BCUT2D eigenvalue weighted by molar-refractivity contribution is -0.140. The predicted molar refractivity (Wildman–Crippen MR) is 86.6 cm³/mol. The van der Waals surface area contributed by atoms with Gasteiger partial charge >= 0.3 is 0 Å². The van der Waals surface area contributed by atoms with Crippen molar-refractivity contribution in [3.63, 3.8) is 0 Å². The quantitative estimate of drug-likeness (QED) is 0.835. The van der Waals surface area contributed by atoms with Gasteiger partial charge in [-0.05, 0) is 25.3 Å². The Morgan fingerprint density at radius 3 is 2.48 bits per heavy atom. The van der Waals surface area contributed by atoms with E-state index in [0.717, 1.165) is 44.7 Å². The molecule has 1 aromatic rings. The van der Waals surface area contributed by atoms with Gasteiger partial charge in [-0.25, -0.2) is 9.97 Å². The lowest BCUT2D eigenvalue weighted by Gasteiger charge is -2.34. The summed E-state index contributed by atoms with van der Waals surface area (Å²) in [4.78, 5) is 25.5. The third-order valence-corrected chi connectivity index (χ3v) is 4.95. The van der Waals surface area contributed by atoms with Gasteiger partial charge in [0.1, 0.15) is 5.41 Å². The average Bonchev–Trinajstić information content (AvgIpc) is 2.88. The normalized spacial score (nSPS) is 21.3. The molecule has 3 rings (SSSR count). The molecule has 1 aliphatic heterocycles. The maximum Gasteiger partial charge on any atom is 0.243 e. The van der Waals surface area contributed by atoms with E-state index in [1.807, 2.05) is 4.90 Å². The zero-order valence-corrected chi connectivity index (χ0v) is 13.4. The number of nitriles is 1. The molecule has 6 heteroatoms. The zero-order chi connectivity index (χ0) is 16.1. The first-order valence-corrected chi connectivity index (χ1v) is 8.48. The Morgan fingerprint density at radius 1 is 1.04 bits per heavy atom. The average molecular weight is 313 g/mol. The van der Waals surface area contributed by atoms with E-state index in [1.54, 1.807) is 18.5 Å². The number of anilines is 1. The van der Waals surface area contributed by atoms with E-state index in [9.17, 15) is 10.1 Å². The van der Waals surface area contributed by atoms with Gasteiger partial charge in [-0.3, -0.25) is 4.79 Å². The third kappa shape index (κ3) is 3.29. The van der Waals surface area contributed by atoms with Gasteiger partial charge in [-0.15, -0.1) is 0 Å². The van der Waals surface area contributed by atoms with Crippen molar-refractivity contribution in [2.24, 2.45) is 5.41 Å². The van der Waals surface area contributed by atoms with E-state index >= 15 is 0 Å². The molecule has 0 N–H and O–H groups in total. The van der Waals surface area contributed by atoms with Crippen molar-refractivity contribution in [1.82, 2.24) is 14.9 Å².